The molecule has 0 aliphatic rings. The second-order valence-corrected chi connectivity index (χ2v) is 5.86. The van der Waals surface area contributed by atoms with Gasteiger partial charge in [-0.3, -0.25) is 4.98 Å². The van der Waals surface area contributed by atoms with Gasteiger partial charge in [0.1, 0.15) is 10.6 Å². The molecule has 0 saturated heterocycles. The lowest BCUT2D eigenvalue weighted by Gasteiger charge is -2.07. The van der Waals surface area contributed by atoms with E-state index >= 15 is 0 Å². The second kappa shape index (κ2) is 5.05. The first kappa shape index (κ1) is 12.8. The normalized spacial score (nSPS) is 10.9. The fraction of sp³-hybridized carbons (Fsp3) is 0.214. The Morgan fingerprint density at radius 2 is 2.05 bits per heavy atom. The number of thiophene rings is 1. The van der Waals surface area contributed by atoms with Gasteiger partial charge in [-0.25, -0.2) is 4.98 Å². The number of nitrogens with two attached hydrogens (primary N) is 1. The van der Waals surface area contributed by atoms with E-state index < -0.39 is 0 Å². The predicted molar refractivity (Wildman–Crippen MR) is 82.9 cm³/mol. The third-order valence-corrected chi connectivity index (χ3v) is 3.86. The van der Waals surface area contributed by atoms with E-state index in [0.29, 0.717) is 12.5 Å². The maximum absolute atomic E-state index is 5.76. The van der Waals surface area contributed by atoms with E-state index in [9.17, 15) is 0 Å². The Morgan fingerprint density at radius 3 is 2.85 bits per heavy atom. The number of pyridine rings is 1. The van der Waals surface area contributed by atoms with Crippen LogP contribution in [0.5, 0.6) is 0 Å². The van der Waals surface area contributed by atoms with Crippen molar-refractivity contribution < 1.29 is 0 Å². The van der Waals surface area contributed by atoms with E-state index in [4.69, 9.17) is 5.73 Å². The number of rotatable bonds is 3. The number of fused-ring (bicyclic) bond motifs is 1. The zero-order chi connectivity index (χ0) is 14.1. The lowest BCUT2D eigenvalue weighted by Crippen LogP contribution is -2.06. The summed E-state index contributed by atoms with van der Waals surface area (Å²) in [5.41, 5.74) is 7.73. The molecule has 0 saturated carbocycles. The van der Waals surface area contributed by atoms with Crippen LogP contribution in [0.3, 0.4) is 0 Å². The van der Waals surface area contributed by atoms with Crippen molar-refractivity contribution in [2.24, 2.45) is 0 Å². The Bertz CT molecular complexity index is 765. The summed E-state index contributed by atoms with van der Waals surface area (Å²) in [6.07, 6.45) is 0. The maximum Gasteiger partial charge on any atom is 0.223 e. The predicted octanol–water partition coefficient (Wildman–Crippen LogP) is 2.90. The van der Waals surface area contributed by atoms with Crippen LogP contribution in [0.25, 0.3) is 10.2 Å². The minimum absolute atomic E-state index is 0.291. The molecule has 0 fully saturated rings. The quantitative estimate of drug-likeness (QED) is 0.773. The molecule has 6 heteroatoms. The molecule has 0 amide bonds. The number of anilines is 2. The summed E-state index contributed by atoms with van der Waals surface area (Å²) >= 11 is 1.62. The molecule has 0 spiro atoms. The molecule has 0 aliphatic carbocycles. The summed E-state index contributed by atoms with van der Waals surface area (Å²) in [7, 11) is 0. The van der Waals surface area contributed by atoms with Gasteiger partial charge in [0.2, 0.25) is 5.95 Å². The molecule has 0 aromatic carbocycles. The number of nitrogens with zero attached hydrogens (tertiary/aromatic N) is 3. The van der Waals surface area contributed by atoms with Crippen molar-refractivity contribution in [1.82, 2.24) is 15.0 Å². The van der Waals surface area contributed by atoms with Crippen LogP contribution in [0.1, 0.15) is 16.3 Å². The Morgan fingerprint density at radius 1 is 1.20 bits per heavy atom. The van der Waals surface area contributed by atoms with Crippen LogP contribution in [0, 0.1) is 13.8 Å². The molecule has 20 heavy (non-hydrogen) atoms. The number of hydrogen-bond donors (Lipinski definition) is 2. The SMILES string of the molecule is Cc1cccc(CNc2nc(N)nc3sc(C)cc23)n1. The minimum atomic E-state index is 0.291. The Balaban J connectivity index is 1.90. The molecule has 3 aromatic heterocycles. The van der Waals surface area contributed by atoms with Crippen LogP contribution < -0.4 is 11.1 Å². The monoisotopic (exact) mass is 285 g/mol. The summed E-state index contributed by atoms with van der Waals surface area (Å²) in [5, 5.41) is 4.31. The van der Waals surface area contributed by atoms with E-state index in [1.807, 2.05) is 25.1 Å². The molecule has 0 radical (unpaired) electrons. The van der Waals surface area contributed by atoms with E-state index in [0.717, 1.165) is 27.4 Å². The third-order valence-electron chi connectivity index (χ3n) is 2.92. The van der Waals surface area contributed by atoms with Gasteiger partial charge in [0.15, 0.2) is 0 Å². The highest BCUT2D eigenvalue weighted by molar-refractivity contribution is 7.18. The van der Waals surface area contributed by atoms with E-state index in [2.05, 4.69) is 33.3 Å². The van der Waals surface area contributed by atoms with Gasteiger partial charge in [-0.1, -0.05) is 6.07 Å². The summed E-state index contributed by atoms with van der Waals surface area (Å²) in [6, 6.07) is 8.04. The van der Waals surface area contributed by atoms with Crippen LogP contribution >= 0.6 is 11.3 Å². The molecule has 0 unspecified atom stereocenters. The Kier molecular flexibility index (Phi) is 3.23. The number of nitrogen functional groups attached to an aromatic ring is 1. The zero-order valence-corrected chi connectivity index (χ0v) is 12.2. The number of aromatic nitrogens is 3. The smallest absolute Gasteiger partial charge is 0.223 e. The molecule has 5 nitrogen and oxygen atoms in total. The van der Waals surface area contributed by atoms with Crippen molar-refractivity contribution in [1.29, 1.82) is 0 Å². The molecule has 0 bridgehead atoms. The highest BCUT2D eigenvalue weighted by Gasteiger charge is 2.09. The average Bonchev–Trinajstić information content (AvgIpc) is 2.76. The molecule has 0 atom stereocenters. The van der Waals surface area contributed by atoms with Gasteiger partial charge >= 0.3 is 0 Å². The first-order valence-corrected chi connectivity index (χ1v) is 7.13. The second-order valence-electron chi connectivity index (χ2n) is 4.63. The largest absolute Gasteiger partial charge is 0.368 e. The van der Waals surface area contributed by atoms with Crippen LogP contribution in [0.4, 0.5) is 11.8 Å². The van der Waals surface area contributed by atoms with Crippen molar-refractivity contribution in [2.75, 3.05) is 11.1 Å². The molecule has 3 N–H and O–H groups in total. The standard InChI is InChI=1S/C14H15N5S/c1-8-4-3-5-10(17-8)7-16-12-11-6-9(2)20-13(11)19-14(15)18-12/h3-6H,7H2,1-2H3,(H3,15,16,18,19). The average molecular weight is 285 g/mol. The van der Waals surface area contributed by atoms with Gasteiger partial charge in [0.25, 0.3) is 0 Å². The van der Waals surface area contributed by atoms with Crippen LogP contribution in [0.15, 0.2) is 24.3 Å². The number of hydrogen-bond acceptors (Lipinski definition) is 6. The van der Waals surface area contributed by atoms with Gasteiger partial charge in [0, 0.05) is 10.6 Å². The van der Waals surface area contributed by atoms with Crippen LogP contribution in [-0.2, 0) is 6.54 Å². The Hall–Kier alpha value is -2.21. The van der Waals surface area contributed by atoms with Crippen LogP contribution in [0.2, 0.25) is 0 Å². The topological polar surface area (TPSA) is 76.7 Å². The van der Waals surface area contributed by atoms with Crippen molar-refractivity contribution >= 4 is 33.3 Å². The highest BCUT2D eigenvalue weighted by atomic mass is 32.1. The summed E-state index contributed by atoms with van der Waals surface area (Å²) in [5.74, 6) is 1.05. The van der Waals surface area contributed by atoms with Crippen LogP contribution in [-0.4, -0.2) is 15.0 Å². The van der Waals surface area contributed by atoms with E-state index in [1.165, 1.54) is 4.88 Å². The fourth-order valence-electron chi connectivity index (χ4n) is 2.07. The van der Waals surface area contributed by atoms with Crippen molar-refractivity contribution in [3.63, 3.8) is 0 Å². The minimum Gasteiger partial charge on any atom is -0.368 e. The molecule has 3 heterocycles. The van der Waals surface area contributed by atoms with Gasteiger partial charge in [-0.05, 0) is 32.0 Å². The lowest BCUT2D eigenvalue weighted by molar-refractivity contribution is 1.01. The summed E-state index contributed by atoms with van der Waals surface area (Å²) < 4.78 is 0. The molecule has 102 valence electrons. The maximum atomic E-state index is 5.76. The number of aryl methyl sites for hydroxylation is 2. The van der Waals surface area contributed by atoms with Crippen molar-refractivity contribution in [3.05, 3.63) is 40.5 Å². The molecule has 0 aliphatic heterocycles. The van der Waals surface area contributed by atoms with Gasteiger partial charge in [-0.2, -0.15) is 4.98 Å². The molecular formula is C14H15N5S. The van der Waals surface area contributed by atoms with E-state index in [-0.39, 0.29) is 0 Å². The zero-order valence-electron chi connectivity index (χ0n) is 11.3. The summed E-state index contributed by atoms with van der Waals surface area (Å²) in [4.78, 5) is 15.1. The lowest BCUT2D eigenvalue weighted by atomic mass is 10.3. The van der Waals surface area contributed by atoms with Gasteiger partial charge in [0.05, 0.1) is 17.6 Å². The molecule has 3 aromatic rings. The Labute approximate surface area is 120 Å². The fourth-order valence-corrected chi connectivity index (χ4v) is 2.95. The first-order valence-electron chi connectivity index (χ1n) is 6.32. The van der Waals surface area contributed by atoms with E-state index in [1.54, 1.807) is 11.3 Å². The third kappa shape index (κ3) is 2.55. The molecular weight excluding hydrogens is 270 g/mol. The first-order chi connectivity index (χ1) is 9.61. The van der Waals surface area contributed by atoms with Crippen molar-refractivity contribution in [2.45, 2.75) is 20.4 Å². The van der Waals surface area contributed by atoms with Gasteiger partial charge in [-0.15, -0.1) is 11.3 Å². The summed E-state index contributed by atoms with van der Waals surface area (Å²) in [6.45, 7) is 4.64. The van der Waals surface area contributed by atoms with Gasteiger partial charge < -0.3 is 11.1 Å². The molecule has 3 rings (SSSR count). The number of nitrogens with one attached hydrogen (secondary N) is 1. The highest BCUT2D eigenvalue weighted by Crippen LogP contribution is 2.29. The van der Waals surface area contributed by atoms with Crippen molar-refractivity contribution in [3.8, 4) is 0 Å².